The van der Waals surface area contributed by atoms with E-state index < -0.39 is 10.7 Å². The van der Waals surface area contributed by atoms with Gasteiger partial charge in [0.15, 0.2) is 0 Å². The average Bonchev–Trinajstić information content (AvgIpc) is 2.29. The second-order valence-electron chi connectivity index (χ2n) is 4.24. The standard InChI is InChI=1S/C14H12FNO2/c1-9-3-5-12(10(2)7-9)13-6-4-11(15)8-14(13)16(17)18/h3-8H,1-2H3. The van der Waals surface area contributed by atoms with Gasteiger partial charge in [-0.3, -0.25) is 10.1 Å². The van der Waals surface area contributed by atoms with Crippen molar-refractivity contribution in [1.82, 2.24) is 0 Å². The van der Waals surface area contributed by atoms with Crippen LogP contribution in [0.4, 0.5) is 10.1 Å². The largest absolute Gasteiger partial charge is 0.280 e. The molecule has 0 aliphatic carbocycles. The maximum Gasteiger partial charge on any atom is 0.280 e. The van der Waals surface area contributed by atoms with Crippen LogP contribution in [-0.2, 0) is 0 Å². The van der Waals surface area contributed by atoms with Gasteiger partial charge in [0.25, 0.3) is 5.69 Å². The van der Waals surface area contributed by atoms with E-state index in [1.165, 1.54) is 12.1 Å². The highest BCUT2D eigenvalue weighted by atomic mass is 19.1. The molecule has 0 saturated carbocycles. The molecule has 3 nitrogen and oxygen atoms in total. The molecule has 0 saturated heterocycles. The van der Waals surface area contributed by atoms with Crippen LogP contribution in [0.2, 0.25) is 0 Å². The van der Waals surface area contributed by atoms with Gasteiger partial charge in [-0.25, -0.2) is 4.39 Å². The van der Waals surface area contributed by atoms with Crippen molar-refractivity contribution in [1.29, 1.82) is 0 Å². The third-order valence-corrected chi connectivity index (χ3v) is 2.83. The summed E-state index contributed by atoms with van der Waals surface area (Å²) < 4.78 is 13.1. The smallest absolute Gasteiger partial charge is 0.258 e. The monoisotopic (exact) mass is 245 g/mol. The highest BCUT2D eigenvalue weighted by Gasteiger charge is 2.17. The van der Waals surface area contributed by atoms with E-state index >= 15 is 0 Å². The summed E-state index contributed by atoms with van der Waals surface area (Å²) in [6, 6.07) is 9.30. The van der Waals surface area contributed by atoms with Gasteiger partial charge in [0.1, 0.15) is 5.82 Å². The first-order valence-electron chi connectivity index (χ1n) is 5.50. The fourth-order valence-corrected chi connectivity index (χ4v) is 2.00. The Morgan fingerprint density at radius 1 is 1.06 bits per heavy atom. The predicted molar refractivity (Wildman–Crippen MR) is 68.0 cm³/mol. The second kappa shape index (κ2) is 4.56. The maximum absolute atomic E-state index is 13.1. The van der Waals surface area contributed by atoms with Gasteiger partial charge in [-0.1, -0.05) is 23.8 Å². The van der Waals surface area contributed by atoms with Crippen molar-refractivity contribution in [3.8, 4) is 11.1 Å². The summed E-state index contributed by atoms with van der Waals surface area (Å²) in [5, 5.41) is 11.0. The minimum absolute atomic E-state index is 0.207. The highest BCUT2D eigenvalue weighted by Crippen LogP contribution is 2.32. The zero-order valence-electron chi connectivity index (χ0n) is 10.1. The Hall–Kier alpha value is -2.23. The molecular weight excluding hydrogens is 233 g/mol. The van der Waals surface area contributed by atoms with Gasteiger partial charge in [0, 0.05) is 0 Å². The van der Waals surface area contributed by atoms with Crippen molar-refractivity contribution < 1.29 is 9.31 Å². The molecule has 0 heterocycles. The summed E-state index contributed by atoms with van der Waals surface area (Å²) in [5.74, 6) is -0.602. The molecule has 0 aliphatic heterocycles. The van der Waals surface area contributed by atoms with Crippen LogP contribution in [0, 0.1) is 29.8 Å². The van der Waals surface area contributed by atoms with Gasteiger partial charge in [-0.05, 0) is 37.1 Å². The minimum atomic E-state index is -0.602. The lowest BCUT2D eigenvalue weighted by Gasteiger charge is -2.07. The molecule has 18 heavy (non-hydrogen) atoms. The third-order valence-electron chi connectivity index (χ3n) is 2.83. The molecule has 2 rings (SSSR count). The van der Waals surface area contributed by atoms with Crippen molar-refractivity contribution in [2.24, 2.45) is 0 Å². The number of nitrogens with zero attached hydrogens (tertiary/aromatic N) is 1. The van der Waals surface area contributed by atoms with Crippen LogP contribution in [0.3, 0.4) is 0 Å². The summed E-state index contributed by atoms with van der Waals surface area (Å²) in [5.41, 5.74) is 3.01. The molecule has 0 bridgehead atoms. The normalized spacial score (nSPS) is 10.4. The number of hydrogen-bond acceptors (Lipinski definition) is 2. The molecule has 0 fully saturated rings. The molecule has 0 spiro atoms. The van der Waals surface area contributed by atoms with E-state index in [1.54, 1.807) is 0 Å². The molecule has 2 aromatic carbocycles. The van der Waals surface area contributed by atoms with Crippen LogP contribution in [0.25, 0.3) is 11.1 Å². The third kappa shape index (κ3) is 2.22. The quantitative estimate of drug-likeness (QED) is 0.592. The molecule has 0 N–H and O–H groups in total. The Balaban J connectivity index is 2.67. The van der Waals surface area contributed by atoms with Crippen LogP contribution in [0.15, 0.2) is 36.4 Å². The van der Waals surface area contributed by atoms with Crippen LogP contribution in [-0.4, -0.2) is 4.92 Å². The zero-order chi connectivity index (χ0) is 13.3. The number of aryl methyl sites for hydroxylation is 2. The molecule has 0 aromatic heterocycles. The summed E-state index contributed by atoms with van der Waals surface area (Å²) in [6.45, 7) is 3.84. The van der Waals surface area contributed by atoms with E-state index in [1.807, 2.05) is 32.0 Å². The molecule has 0 unspecified atom stereocenters. The molecule has 2 aromatic rings. The molecule has 0 radical (unpaired) electrons. The summed E-state index contributed by atoms with van der Waals surface area (Å²) in [6.07, 6.45) is 0. The maximum atomic E-state index is 13.1. The van der Waals surface area contributed by atoms with Gasteiger partial charge in [0.2, 0.25) is 0 Å². The Bertz CT molecular complexity index is 623. The number of nitro benzene ring substituents is 1. The van der Waals surface area contributed by atoms with Crippen LogP contribution in [0.5, 0.6) is 0 Å². The SMILES string of the molecule is Cc1ccc(-c2ccc(F)cc2[N+](=O)[O-])c(C)c1. The summed E-state index contributed by atoms with van der Waals surface area (Å²) >= 11 is 0. The summed E-state index contributed by atoms with van der Waals surface area (Å²) in [4.78, 5) is 10.4. The van der Waals surface area contributed by atoms with Gasteiger partial charge >= 0.3 is 0 Å². The number of nitro groups is 1. The fraction of sp³-hybridized carbons (Fsp3) is 0.143. The van der Waals surface area contributed by atoms with Gasteiger partial charge in [-0.2, -0.15) is 0 Å². The Kier molecular flexibility index (Phi) is 3.10. The first kappa shape index (κ1) is 12.2. The fourth-order valence-electron chi connectivity index (χ4n) is 2.00. The van der Waals surface area contributed by atoms with Gasteiger partial charge in [-0.15, -0.1) is 0 Å². The lowest BCUT2D eigenvalue weighted by atomic mass is 9.97. The minimum Gasteiger partial charge on any atom is -0.258 e. The number of rotatable bonds is 2. The van der Waals surface area contributed by atoms with Crippen molar-refractivity contribution in [2.75, 3.05) is 0 Å². The van der Waals surface area contributed by atoms with Gasteiger partial charge < -0.3 is 0 Å². The van der Waals surface area contributed by atoms with Crippen molar-refractivity contribution >= 4 is 5.69 Å². The molecule has 4 heteroatoms. The molecule has 0 aliphatic rings. The zero-order valence-corrected chi connectivity index (χ0v) is 10.1. The average molecular weight is 245 g/mol. The topological polar surface area (TPSA) is 43.1 Å². The number of halogens is 1. The van der Waals surface area contributed by atoms with Crippen molar-refractivity contribution in [3.05, 3.63) is 63.5 Å². The van der Waals surface area contributed by atoms with Gasteiger partial charge in [0.05, 0.1) is 16.6 Å². The Morgan fingerprint density at radius 2 is 1.72 bits per heavy atom. The van der Waals surface area contributed by atoms with E-state index in [-0.39, 0.29) is 5.69 Å². The lowest BCUT2D eigenvalue weighted by Crippen LogP contribution is -1.94. The van der Waals surface area contributed by atoms with E-state index in [0.717, 1.165) is 22.8 Å². The first-order valence-corrected chi connectivity index (χ1v) is 5.50. The van der Waals surface area contributed by atoms with Crippen molar-refractivity contribution in [3.63, 3.8) is 0 Å². The molecular formula is C14H12FNO2. The lowest BCUT2D eigenvalue weighted by molar-refractivity contribution is -0.384. The van der Waals surface area contributed by atoms with Crippen molar-refractivity contribution in [2.45, 2.75) is 13.8 Å². The van der Waals surface area contributed by atoms with Crippen LogP contribution < -0.4 is 0 Å². The second-order valence-corrected chi connectivity index (χ2v) is 4.24. The molecule has 0 atom stereocenters. The van der Waals surface area contributed by atoms with E-state index in [2.05, 4.69) is 0 Å². The van der Waals surface area contributed by atoms with E-state index in [9.17, 15) is 14.5 Å². The summed E-state index contributed by atoms with van der Waals surface area (Å²) in [7, 11) is 0. The Morgan fingerprint density at radius 3 is 2.33 bits per heavy atom. The van der Waals surface area contributed by atoms with Crippen LogP contribution >= 0.6 is 0 Å². The van der Waals surface area contributed by atoms with E-state index in [0.29, 0.717) is 5.56 Å². The molecule has 92 valence electrons. The van der Waals surface area contributed by atoms with E-state index in [4.69, 9.17) is 0 Å². The molecule has 0 amide bonds. The number of benzene rings is 2. The number of hydrogen-bond donors (Lipinski definition) is 0. The Labute approximate surface area is 104 Å². The predicted octanol–water partition coefficient (Wildman–Crippen LogP) is 4.02. The first-order chi connectivity index (χ1) is 8.49. The highest BCUT2D eigenvalue weighted by molar-refractivity contribution is 5.76. The van der Waals surface area contributed by atoms with Crippen LogP contribution in [0.1, 0.15) is 11.1 Å².